The van der Waals surface area contributed by atoms with Gasteiger partial charge in [0, 0.05) is 18.7 Å². The van der Waals surface area contributed by atoms with Gasteiger partial charge in [0.2, 0.25) is 0 Å². The number of amides is 2. The van der Waals surface area contributed by atoms with Crippen molar-refractivity contribution in [1.82, 2.24) is 10.2 Å². The third-order valence-corrected chi connectivity index (χ3v) is 2.85. The SMILES string of the molecule is CCN(CC(C)(C)O)C(=O)NCc1cc(C#N)ccc1F. The van der Waals surface area contributed by atoms with Gasteiger partial charge in [0.05, 0.1) is 23.8 Å². The summed E-state index contributed by atoms with van der Waals surface area (Å²) >= 11 is 0. The van der Waals surface area contributed by atoms with E-state index in [4.69, 9.17) is 5.26 Å². The molecule has 2 amide bonds. The molecule has 0 spiro atoms. The summed E-state index contributed by atoms with van der Waals surface area (Å²) < 4.78 is 13.6. The van der Waals surface area contributed by atoms with Gasteiger partial charge in [0.25, 0.3) is 0 Å². The zero-order valence-electron chi connectivity index (χ0n) is 12.5. The molecule has 2 N–H and O–H groups in total. The van der Waals surface area contributed by atoms with Crippen molar-refractivity contribution in [3.8, 4) is 6.07 Å². The molecule has 0 radical (unpaired) electrons. The lowest BCUT2D eigenvalue weighted by Crippen LogP contribution is -2.46. The van der Waals surface area contributed by atoms with Crippen molar-refractivity contribution < 1.29 is 14.3 Å². The molecular weight excluding hydrogens is 273 g/mol. The van der Waals surface area contributed by atoms with Crippen LogP contribution in [0.2, 0.25) is 0 Å². The fraction of sp³-hybridized carbons (Fsp3) is 0.467. The molecule has 0 aliphatic carbocycles. The van der Waals surface area contributed by atoms with E-state index in [0.29, 0.717) is 12.1 Å². The first-order chi connectivity index (χ1) is 9.76. The zero-order valence-corrected chi connectivity index (χ0v) is 12.5. The number of halogens is 1. The van der Waals surface area contributed by atoms with Gasteiger partial charge >= 0.3 is 6.03 Å². The number of likely N-dealkylation sites (N-methyl/N-ethyl adjacent to an activating group) is 1. The Morgan fingerprint density at radius 1 is 1.52 bits per heavy atom. The van der Waals surface area contributed by atoms with E-state index in [0.717, 1.165) is 0 Å². The molecule has 0 aliphatic heterocycles. The molecule has 0 heterocycles. The lowest BCUT2D eigenvalue weighted by molar-refractivity contribution is 0.0479. The molecule has 0 atom stereocenters. The average Bonchev–Trinajstić information content (AvgIpc) is 2.42. The molecular formula is C15H20FN3O2. The number of rotatable bonds is 5. The first-order valence-corrected chi connectivity index (χ1v) is 6.70. The van der Waals surface area contributed by atoms with Crippen LogP contribution >= 0.6 is 0 Å². The topological polar surface area (TPSA) is 76.4 Å². The molecule has 21 heavy (non-hydrogen) atoms. The van der Waals surface area contributed by atoms with Crippen LogP contribution < -0.4 is 5.32 Å². The highest BCUT2D eigenvalue weighted by atomic mass is 19.1. The molecule has 0 aliphatic rings. The molecule has 5 nitrogen and oxygen atoms in total. The van der Waals surface area contributed by atoms with Crippen molar-refractivity contribution in [2.75, 3.05) is 13.1 Å². The maximum Gasteiger partial charge on any atom is 0.317 e. The predicted octanol–water partition coefficient (Wildman–Crippen LogP) is 2.00. The number of nitrogens with zero attached hydrogens (tertiary/aromatic N) is 2. The zero-order chi connectivity index (χ0) is 16.0. The van der Waals surface area contributed by atoms with E-state index in [1.807, 2.05) is 6.07 Å². The smallest absolute Gasteiger partial charge is 0.317 e. The molecule has 0 fully saturated rings. The lowest BCUT2D eigenvalue weighted by atomic mass is 10.1. The second-order valence-corrected chi connectivity index (χ2v) is 5.40. The standard InChI is InChI=1S/C15H20FN3O2/c1-4-19(10-15(2,3)21)14(20)18-9-12-7-11(8-17)5-6-13(12)16/h5-7,21H,4,9-10H2,1-3H3,(H,18,20). The van der Waals surface area contributed by atoms with Crippen LogP contribution in [0.1, 0.15) is 31.9 Å². The van der Waals surface area contributed by atoms with Crippen LogP contribution in [0.25, 0.3) is 0 Å². The van der Waals surface area contributed by atoms with Crippen molar-refractivity contribution in [3.05, 3.63) is 35.1 Å². The quantitative estimate of drug-likeness (QED) is 0.871. The summed E-state index contributed by atoms with van der Waals surface area (Å²) in [6, 6.07) is 5.53. The van der Waals surface area contributed by atoms with E-state index in [1.165, 1.54) is 23.1 Å². The normalized spacial score (nSPS) is 10.9. The summed E-state index contributed by atoms with van der Waals surface area (Å²) in [5.74, 6) is -0.472. The van der Waals surface area contributed by atoms with Gasteiger partial charge < -0.3 is 15.3 Å². The summed E-state index contributed by atoms with van der Waals surface area (Å²) in [4.78, 5) is 13.4. The average molecular weight is 293 g/mol. The number of nitriles is 1. The molecule has 1 aromatic carbocycles. The molecule has 1 aromatic rings. The van der Waals surface area contributed by atoms with Crippen molar-refractivity contribution in [2.24, 2.45) is 0 Å². The number of urea groups is 1. The minimum absolute atomic E-state index is 0.0114. The minimum atomic E-state index is -1.00. The first-order valence-electron chi connectivity index (χ1n) is 6.70. The van der Waals surface area contributed by atoms with Gasteiger partial charge in [0.15, 0.2) is 0 Å². The third-order valence-electron chi connectivity index (χ3n) is 2.85. The van der Waals surface area contributed by atoms with Gasteiger partial charge in [-0.2, -0.15) is 5.26 Å². The summed E-state index contributed by atoms with van der Waals surface area (Å²) in [5.41, 5.74) is -0.412. The summed E-state index contributed by atoms with van der Waals surface area (Å²) in [6.07, 6.45) is 0. The highest BCUT2D eigenvalue weighted by Gasteiger charge is 2.21. The van der Waals surface area contributed by atoms with Gasteiger partial charge in [-0.1, -0.05) is 0 Å². The molecule has 0 unspecified atom stereocenters. The van der Waals surface area contributed by atoms with E-state index >= 15 is 0 Å². The molecule has 0 saturated heterocycles. The molecule has 0 aromatic heterocycles. The molecule has 114 valence electrons. The Morgan fingerprint density at radius 2 is 2.19 bits per heavy atom. The second kappa shape index (κ2) is 7.04. The highest BCUT2D eigenvalue weighted by Crippen LogP contribution is 2.10. The Morgan fingerprint density at radius 3 is 2.71 bits per heavy atom. The highest BCUT2D eigenvalue weighted by molar-refractivity contribution is 5.74. The van der Waals surface area contributed by atoms with Crippen LogP contribution in [-0.4, -0.2) is 34.7 Å². The molecule has 0 bridgehead atoms. The van der Waals surface area contributed by atoms with Gasteiger partial charge in [-0.15, -0.1) is 0 Å². The summed E-state index contributed by atoms with van der Waals surface area (Å²) in [5, 5.41) is 21.1. The van der Waals surface area contributed by atoms with Crippen molar-refractivity contribution in [2.45, 2.75) is 32.9 Å². The third kappa shape index (κ3) is 5.40. The van der Waals surface area contributed by atoms with E-state index in [1.54, 1.807) is 20.8 Å². The number of benzene rings is 1. The summed E-state index contributed by atoms with van der Waals surface area (Å²) in [6.45, 7) is 5.61. The fourth-order valence-electron chi connectivity index (χ4n) is 1.86. The van der Waals surface area contributed by atoms with Crippen LogP contribution in [0.3, 0.4) is 0 Å². The van der Waals surface area contributed by atoms with Gasteiger partial charge in [-0.25, -0.2) is 9.18 Å². The lowest BCUT2D eigenvalue weighted by Gasteiger charge is -2.28. The maximum absolute atomic E-state index is 13.6. The Balaban J connectivity index is 2.70. The molecule has 0 saturated carbocycles. The first kappa shape index (κ1) is 16.9. The largest absolute Gasteiger partial charge is 0.389 e. The molecule has 1 rings (SSSR count). The van der Waals surface area contributed by atoms with Crippen molar-refractivity contribution in [1.29, 1.82) is 5.26 Å². The van der Waals surface area contributed by atoms with Crippen molar-refractivity contribution >= 4 is 6.03 Å². The molecule has 6 heteroatoms. The predicted molar refractivity (Wildman–Crippen MR) is 76.9 cm³/mol. The number of carbonyl (C=O) groups excluding carboxylic acids is 1. The minimum Gasteiger partial charge on any atom is -0.389 e. The van der Waals surface area contributed by atoms with E-state index < -0.39 is 11.4 Å². The number of hydrogen-bond acceptors (Lipinski definition) is 3. The van der Waals surface area contributed by atoms with Crippen LogP contribution in [0.15, 0.2) is 18.2 Å². The van der Waals surface area contributed by atoms with Crippen LogP contribution in [-0.2, 0) is 6.54 Å². The van der Waals surface area contributed by atoms with Gasteiger partial charge in [-0.05, 0) is 39.0 Å². The fourth-order valence-corrected chi connectivity index (χ4v) is 1.86. The van der Waals surface area contributed by atoms with Gasteiger partial charge in [-0.3, -0.25) is 0 Å². The number of nitrogens with one attached hydrogen (secondary N) is 1. The van der Waals surface area contributed by atoms with Crippen LogP contribution in [0.4, 0.5) is 9.18 Å². The van der Waals surface area contributed by atoms with E-state index in [2.05, 4.69) is 5.32 Å². The Bertz CT molecular complexity index is 547. The van der Waals surface area contributed by atoms with Crippen LogP contribution in [0.5, 0.6) is 0 Å². The number of hydrogen-bond donors (Lipinski definition) is 2. The van der Waals surface area contributed by atoms with Gasteiger partial charge in [0.1, 0.15) is 5.82 Å². The number of aliphatic hydroxyl groups is 1. The Kier molecular flexibility index (Phi) is 5.68. The van der Waals surface area contributed by atoms with Crippen molar-refractivity contribution in [3.63, 3.8) is 0 Å². The monoisotopic (exact) mass is 293 g/mol. The second-order valence-electron chi connectivity index (χ2n) is 5.40. The Labute approximate surface area is 124 Å². The Hall–Kier alpha value is -2.13. The maximum atomic E-state index is 13.6. The van der Waals surface area contributed by atoms with E-state index in [-0.39, 0.29) is 24.7 Å². The van der Waals surface area contributed by atoms with E-state index in [9.17, 15) is 14.3 Å². The van der Waals surface area contributed by atoms with Crippen LogP contribution in [0, 0.1) is 17.1 Å². The number of carbonyl (C=O) groups is 1. The summed E-state index contributed by atoms with van der Waals surface area (Å²) in [7, 11) is 0.